The number of ether oxygens (including phenoxy) is 1. The number of hydrogen-bond donors (Lipinski definition) is 1. The molecule has 12 heavy (non-hydrogen) atoms. The van der Waals surface area contributed by atoms with Gasteiger partial charge in [-0.3, -0.25) is 0 Å². The third-order valence-corrected chi connectivity index (χ3v) is 1.59. The van der Waals surface area contributed by atoms with Crippen LogP contribution in [0, 0.1) is 5.92 Å². The van der Waals surface area contributed by atoms with E-state index in [1.807, 2.05) is 6.92 Å². The maximum absolute atomic E-state index is 11.1. The summed E-state index contributed by atoms with van der Waals surface area (Å²) in [6.45, 7) is 6.56. The quantitative estimate of drug-likeness (QED) is 0.299. The van der Waals surface area contributed by atoms with Crippen molar-refractivity contribution in [2.45, 2.75) is 13.8 Å². The van der Waals surface area contributed by atoms with Crippen LogP contribution >= 0.6 is 0 Å². The summed E-state index contributed by atoms with van der Waals surface area (Å²) < 4.78 is 4.42. The maximum atomic E-state index is 11.1. The number of allylic oxidation sites excluding steroid dienone is 2. The Morgan fingerprint density at radius 2 is 2.33 bits per heavy atom. The minimum Gasteiger partial charge on any atom is -0.435 e. The van der Waals surface area contributed by atoms with Gasteiger partial charge in [-0.15, -0.1) is 6.58 Å². The highest BCUT2D eigenvalue weighted by molar-refractivity contribution is 5.89. The van der Waals surface area contributed by atoms with Crippen LogP contribution in [-0.2, 0) is 9.53 Å². The van der Waals surface area contributed by atoms with E-state index < -0.39 is 12.8 Å². The fourth-order valence-electron chi connectivity index (χ4n) is 0.836. The smallest absolute Gasteiger partial charge is 0.336 e. The first-order chi connectivity index (χ1) is 5.67. The summed E-state index contributed by atoms with van der Waals surface area (Å²) in [6.07, 6.45) is 3.30. The summed E-state index contributed by atoms with van der Waals surface area (Å²) in [5.41, 5.74) is 0.513. The lowest BCUT2D eigenvalue weighted by Gasteiger charge is -2.09. The van der Waals surface area contributed by atoms with Crippen molar-refractivity contribution in [1.29, 1.82) is 0 Å². The molecule has 0 spiro atoms. The SMILES string of the molecule is C=CC(C)C(=CC)C(=O)OCO. The van der Waals surface area contributed by atoms with Gasteiger partial charge in [-0.25, -0.2) is 4.79 Å². The fraction of sp³-hybridized carbons (Fsp3) is 0.444. The first-order valence-corrected chi connectivity index (χ1v) is 3.74. The van der Waals surface area contributed by atoms with E-state index in [-0.39, 0.29) is 5.92 Å². The molecule has 0 saturated heterocycles. The predicted molar refractivity (Wildman–Crippen MR) is 46.3 cm³/mol. The number of carbonyl (C=O) groups excluding carboxylic acids is 1. The van der Waals surface area contributed by atoms with Crippen LogP contribution in [0.25, 0.3) is 0 Å². The summed E-state index contributed by atoms with van der Waals surface area (Å²) in [6, 6.07) is 0. The Morgan fingerprint density at radius 3 is 2.67 bits per heavy atom. The first-order valence-electron chi connectivity index (χ1n) is 3.74. The van der Waals surface area contributed by atoms with Gasteiger partial charge in [0.15, 0.2) is 6.79 Å². The molecule has 0 fully saturated rings. The van der Waals surface area contributed by atoms with Crippen LogP contribution in [0.15, 0.2) is 24.3 Å². The second-order valence-corrected chi connectivity index (χ2v) is 2.33. The van der Waals surface area contributed by atoms with Crippen LogP contribution < -0.4 is 0 Å². The van der Waals surface area contributed by atoms with E-state index in [2.05, 4.69) is 11.3 Å². The molecular formula is C9H14O3. The first kappa shape index (κ1) is 10.9. The van der Waals surface area contributed by atoms with Gasteiger partial charge < -0.3 is 9.84 Å². The van der Waals surface area contributed by atoms with E-state index >= 15 is 0 Å². The molecule has 1 unspecified atom stereocenters. The molecule has 0 aromatic heterocycles. The van der Waals surface area contributed by atoms with Crippen molar-refractivity contribution >= 4 is 5.97 Å². The Bertz CT molecular complexity index is 194. The van der Waals surface area contributed by atoms with Crippen molar-refractivity contribution < 1.29 is 14.6 Å². The number of aliphatic hydroxyl groups excluding tert-OH is 1. The molecule has 1 atom stereocenters. The average molecular weight is 170 g/mol. The maximum Gasteiger partial charge on any atom is 0.336 e. The molecule has 0 saturated carbocycles. The van der Waals surface area contributed by atoms with Crippen molar-refractivity contribution in [2.24, 2.45) is 5.92 Å². The van der Waals surface area contributed by atoms with Crippen molar-refractivity contribution in [1.82, 2.24) is 0 Å². The second kappa shape index (κ2) is 5.55. The predicted octanol–water partition coefficient (Wildman–Crippen LogP) is 1.25. The van der Waals surface area contributed by atoms with Gasteiger partial charge in [0.1, 0.15) is 0 Å². The Hall–Kier alpha value is -1.09. The molecule has 0 radical (unpaired) electrons. The third-order valence-electron chi connectivity index (χ3n) is 1.59. The average Bonchev–Trinajstić information content (AvgIpc) is 2.06. The highest BCUT2D eigenvalue weighted by Crippen LogP contribution is 2.12. The fourth-order valence-corrected chi connectivity index (χ4v) is 0.836. The van der Waals surface area contributed by atoms with Gasteiger partial charge in [0.2, 0.25) is 0 Å². The van der Waals surface area contributed by atoms with E-state index in [4.69, 9.17) is 5.11 Å². The minimum atomic E-state index is -0.583. The van der Waals surface area contributed by atoms with Crippen LogP contribution in [-0.4, -0.2) is 17.9 Å². The lowest BCUT2D eigenvalue weighted by atomic mass is 10.0. The van der Waals surface area contributed by atoms with Gasteiger partial charge in [0.05, 0.1) is 0 Å². The van der Waals surface area contributed by atoms with Gasteiger partial charge in [-0.05, 0) is 6.92 Å². The zero-order valence-electron chi connectivity index (χ0n) is 7.41. The zero-order chi connectivity index (χ0) is 9.56. The molecule has 3 nitrogen and oxygen atoms in total. The summed E-state index contributed by atoms with van der Waals surface area (Å²) >= 11 is 0. The number of hydrogen-bond acceptors (Lipinski definition) is 3. The summed E-state index contributed by atoms with van der Waals surface area (Å²) in [4.78, 5) is 11.1. The molecule has 0 heterocycles. The van der Waals surface area contributed by atoms with Crippen molar-refractivity contribution in [3.8, 4) is 0 Å². The molecule has 0 rings (SSSR count). The lowest BCUT2D eigenvalue weighted by molar-refractivity contribution is -0.147. The summed E-state index contributed by atoms with van der Waals surface area (Å²) in [5, 5.41) is 8.34. The zero-order valence-corrected chi connectivity index (χ0v) is 7.41. The monoisotopic (exact) mass is 170 g/mol. The normalized spacial score (nSPS) is 13.8. The van der Waals surface area contributed by atoms with E-state index in [1.165, 1.54) is 0 Å². The van der Waals surface area contributed by atoms with Crippen LogP contribution in [0.1, 0.15) is 13.8 Å². The number of carbonyl (C=O) groups is 1. The third kappa shape index (κ3) is 2.88. The summed E-state index contributed by atoms with van der Waals surface area (Å²) in [5.74, 6) is -0.540. The standard InChI is InChI=1S/C9H14O3/c1-4-7(3)8(5-2)9(11)12-6-10/h4-5,7,10H,1,6H2,2-3H3. The molecular weight excluding hydrogens is 156 g/mol. The highest BCUT2D eigenvalue weighted by atomic mass is 16.6. The van der Waals surface area contributed by atoms with Gasteiger partial charge >= 0.3 is 5.97 Å². The molecule has 0 amide bonds. The van der Waals surface area contributed by atoms with E-state index in [9.17, 15) is 4.79 Å². The van der Waals surface area contributed by atoms with E-state index in [1.54, 1.807) is 19.1 Å². The molecule has 68 valence electrons. The molecule has 3 heteroatoms. The number of esters is 1. The minimum absolute atomic E-state index is 0.0472. The topological polar surface area (TPSA) is 46.5 Å². The Balaban J connectivity index is 4.36. The largest absolute Gasteiger partial charge is 0.435 e. The van der Waals surface area contributed by atoms with Crippen LogP contribution in [0.4, 0.5) is 0 Å². The van der Waals surface area contributed by atoms with Crippen LogP contribution in [0.5, 0.6) is 0 Å². The van der Waals surface area contributed by atoms with E-state index in [0.717, 1.165) is 0 Å². The van der Waals surface area contributed by atoms with Gasteiger partial charge in [-0.2, -0.15) is 0 Å². The molecule has 0 aliphatic heterocycles. The summed E-state index contributed by atoms with van der Waals surface area (Å²) in [7, 11) is 0. The van der Waals surface area contributed by atoms with Crippen molar-refractivity contribution in [3.05, 3.63) is 24.3 Å². The van der Waals surface area contributed by atoms with Crippen molar-refractivity contribution in [3.63, 3.8) is 0 Å². The number of aliphatic hydroxyl groups is 1. The molecule has 0 aromatic rings. The molecule has 0 aliphatic carbocycles. The molecule has 0 bridgehead atoms. The lowest BCUT2D eigenvalue weighted by Crippen LogP contribution is -2.13. The number of rotatable bonds is 4. The van der Waals surface area contributed by atoms with Gasteiger partial charge in [-0.1, -0.05) is 19.1 Å². The second-order valence-electron chi connectivity index (χ2n) is 2.33. The van der Waals surface area contributed by atoms with Crippen molar-refractivity contribution in [2.75, 3.05) is 6.79 Å². The van der Waals surface area contributed by atoms with Crippen LogP contribution in [0.2, 0.25) is 0 Å². The van der Waals surface area contributed by atoms with Gasteiger partial charge in [0, 0.05) is 11.5 Å². The van der Waals surface area contributed by atoms with Crippen LogP contribution in [0.3, 0.4) is 0 Å². The Morgan fingerprint density at radius 1 is 1.75 bits per heavy atom. The van der Waals surface area contributed by atoms with Gasteiger partial charge in [0.25, 0.3) is 0 Å². The molecule has 0 aromatic carbocycles. The van der Waals surface area contributed by atoms with E-state index in [0.29, 0.717) is 5.57 Å². The molecule has 0 aliphatic rings. The highest BCUT2D eigenvalue weighted by Gasteiger charge is 2.13. The Labute approximate surface area is 72.3 Å². The Kier molecular flexibility index (Phi) is 5.04. The molecule has 1 N–H and O–H groups in total.